The maximum absolute atomic E-state index is 13.6. The fourth-order valence-electron chi connectivity index (χ4n) is 5.01. The zero-order valence-electron chi connectivity index (χ0n) is 21.0. The molecule has 3 aliphatic rings. The van der Waals surface area contributed by atoms with Crippen LogP contribution in [0.5, 0.6) is 11.5 Å². The summed E-state index contributed by atoms with van der Waals surface area (Å²) in [6.45, 7) is 8.90. The van der Waals surface area contributed by atoms with Crippen molar-refractivity contribution < 1.29 is 29.3 Å². The molecule has 38 heavy (non-hydrogen) atoms. The molecule has 4 N–H and O–H groups in total. The van der Waals surface area contributed by atoms with E-state index >= 15 is 0 Å². The molecular weight excluding hydrogens is 535 g/mol. The summed E-state index contributed by atoms with van der Waals surface area (Å²) in [6.07, 6.45) is 0. The maximum Gasteiger partial charge on any atom is 0.200 e. The minimum atomic E-state index is -0.487. The van der Waals surface area contributed by atoms with Gasteiger partial charge in [-0.05, 0) is 24.3 Å². The molecule has 2 aromatic carbocycles. The van der Waals surface area contributed by atoms with Crippen molar-refractivity contribution >= 4 is 47.8 Å². The normalized spacial score (nSPS) is 17.6. The van der Waals surface area contributed by atoms with E-state index in [4.69, 9.17) is 9.47 Å². The Hall–Kier alpha value is -2.60. The Bertz CT molecular complexity index is 1070. The number of carbonyl (C=O) groups is 2. The Morgan fingerprint density at radius 3 is 1.37 bits per heavy atom. The maximum atomic E-state index is 13.6. The number of carbonyl (C=O) groups excluding carboxylic acids is 2. The minimum absolute atomic E-state index is 0. The monoisotopic (exact) mass is 568 g/mol. The lowest BCUT2D eigenvalue weighted by molar-refractivity contribution is 0.0398. The van der Waals surface area contributed by atoms with Crippen LogP contribution in [0, 0.1) is 0 Å². The van der Waals surface area contributed by atoms with Crippen LogP contribution < -0.4 is 10.6 Å². The quantitative estimate of drug-likeness (QED) is 0.300. The number of fused-ring (bicyclic) bond motifs is 2. The van der Waals surface area contributed by atoms with Gasteiger partial charge in [-0.3, -0.25) is 19.4 Å². The van der Waals surface area contributed by atoms with Gasteiger partial charge in [-0.25, -0.2) is 0 Å². The van der Waals surface area contributed by atoms with Gasteiger partial charge >= 0.3 is 0 Å². The lowest BCUT2D eigenvalue weighted by Crippen LogP contribution is -2.39. The number of halogens is 2. The van der Waals surface area contributed by atoms with E-state index in [1.54, 1.807) is 12.1 Å². The molecule has 0 amide bonds. The van der Waals surface area contributed by atoms with Crippen LogP contribution in [-0.4, -0.2) is 110 Å². The predicted octanol–water partition coefficient (Wildman–Crippen LogP) is 2.21. The fourth-order valence-corrected chi connectivity index (χ4v) is 5.01. The minimum Gasteiger partial charge on any atom is -0.507 e. The molecule has 0 aromatic heterocycles. The van der Waals surface area contributed by atoms with Crippen molar-refractivity contribution in [3.05, 3.63) is 46.5 Å². The number of benzene rings is 2. The van der Waals surface area contributed by atoms with Crippen molar-refractivity contribution in [1.29, 1.82) is 0 Å². The highest BCUT2D eigenvalue weighted by Gasteiger charge is 2.38. The molecule has 0 saturated carbocycles. The summed E-state index contributed by atoms with van der Waals surface area (Å²) in [5.41, 5.74) is 1.18. The van der Waals surface area contributed by atoms with E-state index in [1.807, 2.05) is 0 Å². The number of hydrogen-bond donors (Lipinski definition) is 4. The third-order valence-corrected chi connectivity index (χ3v) is 6.97. The molecule has 2 aliphatic heterocycles. The molecule has 0 atom stereocenters. The average Bonchev–Trinajstić information content (AvgIpc) is 2.90. The Morgan fingerprint density at radius 2 is 1.00 bits per heavy atom. The number of rotatable bonds is 8. The molecule has 0 bridgehead atoms. The Balaban J connectivity index is 0.00000200. The second-order valence-electron chi connectivity index (χ2n) is 9.18. The number of nitrogens with one attached hydrogen (secondary N) is 2. The summed E-state index contributed by atoms with van der Waals surface area (Å²) in [6, 6.07) is 6.07. The predicted molar refractivity (Wildman–Crippen MR) is 149 cm³/mol. The van der Waals surface area contributed by atoms with Crippen molar-refractivity contribution in [3.8, 4) is 11.5 Å². The molecule has 1 aliphatic carbocycles. The second kappa shape index (κ2) is 13.5. The fraction of sp³-hybridized carbons (Fsp3) is 0.462. The molecule has 208 valence electrons. The third-order valence-electron chi connectivity index (χ3n) is 6.97. The molecule has 5 rings (SSSR count). The number of hydrogen-bond acceptors (Lipinski definition) is 10. The van der Waals surface area contributed by atoms with Gasteiger partial charge in [0.15, 0.2) is 0 Å². The van der Waals surface area contributed by atoms with Gasteiger partial charge in [-0.15, -0.1) is 24.8 Å². The van der Waals surface area contributed by atoms with Crippen LogP contribution in [0.25, 0.3) is 0 Å². The van der Waals surface area contributed by atoms with Crippen molar-refractivity contribution in [1.82, 2.24) is 9.80 Å². The van der Waals surface area contributed by atoms with E-state index in [0.29, 0.717) is 50.9 Å². The second-order valence-corrected chi connectivity index (χ2v) is 9.18. The van der Waals surface area contributed by atoms with Gasteiger partial charge in [-0.2, -0.15) is 0 Å². The van der Waals surface area contributed by atoms with Gasteiger partial charge in [0.1, 0.15) is 11.5 Å². The summed E-state index contributed by atoms with van der Waals surface area (Å²) < 4.78 is 10.8. The smallest absolute Gasteiger partial charge is 0.200 e. The molecule has 0 radical (unpaired) electrons. The molecule has 12 heteroatoms. The first-order valence-electron chi connectivity index (χ1n) is 12.4. The van der Waals surface area contributed by atoms with Crippen LogP contribution in [0.4, 0.5) is 11.4 Å². The van der Waals surface area contributed by atoms with Crippen LogP contribution in [0.2, 0.25) is 0 Å². The lowest BCUT2D eigenvalue weighted by atomic mass is 9.81. The number of ether oxygens (including phenoxy) is 2. The van der Waals surface area contributed by atoms with Crippen molar-refractivity contribution in [2.75, 3.05) is 89.4 Å². The van der Waals surface area contributed by atoms with Gasteiger partial charge in [0.2, 0.25) is 11.6 Å². The highest BCUT2D eigenvalue weighted by Crippen LogP contribution is 2.42. The highest BCUT2D eigenvalue weighted by atomic mass is 35.5. The lowest BCUT2D eigenvalue weighted by Gasteiger charge is -2.28. The van der Waals surface area contributed by atoms with Gasteiger partial charge in [0.25, 0.3) is 0 Å². The van der Waals surface area contributed by atoms with Gasteiger partial charge in [0, 0.05) is 63.7 Å². The van der Waals surface area contributed by atoms with Gasteiger partial charge in [-0.1, -0.05) is 0 Å². The van der Waals surface area contributed by atoms with E-state index in [9.17, 15) is 19.8 Å². The number of anilines is 2. The molecule has 0 unspecified atom stereocenters. The zero-order chi connectivity index (χ0) is 25.1. The van der Waals surface area contributed by atoms with Crippen LogP contribution in [-0.2, 0) is 9.47 Å². The SMILES string of the molecule is Cl.Cl.O=C1c2c(O)ccc(O)c2C(=O)c2c(NCCN3CCOCC3)ccc(NCCN3CCOCC3)c21. The summed E-state index contributed by atoms with van der Waals surface area (Å²) in [5.74, 6) is -1.62. The van der Waals surface area contributed by atoms with Crippen LogP contribution >= 0.6 is 24.8 Å². The van der Waals surface area contributed by atoms with Crippen LogP contribution in [0.15, 0.2) is 24.3 Å². The van der Waals surface area contributed by atoms with Crippen molar-refractivity contribution in [2.24, 2.45) is 0 Å². The number of morpholine rings is 2. The Kier molecular flexibility index (Phi) is 10.6. The molecule has 2 fully saturated rings. The van der Waals surface area contributed by atoms with E-state index < -0.39 is 11.6 Å². The van der Waals surface area contributed by atoms with Crippen LogP contribution in [0.3, 0.4) is 0 Å². The number of aromatic hydroxyl groups is 2. The summed E-state index contributed by atoms with van der Waals surface area (Å²) in [7, 11) is 0. The standard InChI is InChI=1S/C26H32N4O6.2ClH/c31-19-3-4-20(32)24-23(19)25(33)21-17(27-5-7-29-9-13-35-14-10-29)1-2-18(22(21)26(24)34)28-6-8-30-11-15-36-16-12-30;;/h1-4,27-28,31-32H,5-16H2;2*1H. The van der Waals surface area contributed by atoms with Gasteiger partial charge < -0.3 is 30.3 Å². The molecule has 2 aromatic rings. The number of phenols is 2. The first kappa shape index (κ1) is 29.9. The van der Waals surface area contributed by atoms with Crippen molar-refractivity contribution in [3.63, 3.8) is 0 Å². The number of ketones is 2. The molecule has 0 spiro atoms. The summed E-state index contributed by atoms with van der Waals surface area (Å²) >= 11 is 0. The first-order valence-corrected chi connectivity index (χ1v) is 12.4. The number of phenolic OH excluding ortho intramolecular Hbond substituents is 2. The average molecular weight is 569 g/mol. The first-order chi connectivity index (χ1) is 17.5. The number of nitrogens with zero attached hydrogens (tertiary/aromatic N) is 2. The molecule has 10 nitrogen and oxygen atoms in total. The third kappa shape index (κ3) is 6.17. The summed E-state index contributed by atoms with van der Waals surface area (Å²) in [5, 5.41) is 27.5. The van der Waals surface area contributed by atoms with E-state index in [2.05, 4.69) is 20.4 Å². The topological polar surface area (TPSA) is 124 Å². The summed E-state index contributed by atoms with van der Waals surface area (Å²) in [4.78, 5) is 31.8. The molecule has 2 saturated heterocycles. The Morgan fingerprint density at radius 1 is 0.632 bits per heavy atom. The zero-order valence-corrected chi connectivity index (χ0v) is 22.7. The van der Waals surface area contributed by atoms with E-state index in [1.165, 1.54) is 12.1 Å². The molecular formula is C26H34Cl2N4O6. The molecule has 2 heterocycles. The Labute approximate surface area is 234 Å². The van der Waals surface area contributed by atoms with Crippen molar-refractivity contribution in [2.45, 2.75) is 0 Å². The van der Waals surface area contributed by atoms with Gasteiger partial charge in [0.05, 0.1) is 48.7 Å². The highest BCUT2D eigenvalue weighted by molar-refractivity contribution is 6.33. The van der Waals surface area contributed by atoms with Crippen LogP contribution in [0.1, 0.15) is 31.8 Å². The van der Waals surface area contributed by atoms with E-state index in [-0.39, 0.29) is 58.6 Å². The largest absolute Gasteiger partial charge is 0.507 e. The van der Waals surface area contributed by atoms with E-state index in [0.717, 1.165) is 39.3 Å².